The van der Waals surface area contributed by atoms with E-state index in [0.717, 1.165) is 84.7 Å². The molecule has 4 saturated carbocycles. The van der Waals surface area contributed by atoms with E-state index < -0.39 is 0 Å². The highest BCUT2D eigenvalue weighted by molar-refractivity contribution is 5.36. The lowest BCUT2D eigenvalue weighted by molar-refractivity contribution is 0.295. The highest BCUT2D eigenvalue weighted by Crippen LogP contribution is 2.48. The van der Waals surface area contributed by atoms with Gasteiger partial charge < -0.3 is 16.0 Å². The Morgan fingerprint density at radius 1 is 0.600 bits per heavy atom. The molecule has 4 fully saturated rings. The molecule has 6 heteroatoms. The zero-order valence-electron chi connectivity index (χ0n) is 26.6. The Labute approximate surface area is 245 Å². The normalized spacial score (nSPS) is 35.5. The summed E-state index contributed by atoms with van der Waals surface area (Å²) in [6.07, 6.45) is 16.3. The van der Waals surface area contributed by atoms with Crippen LogP contribution in [0.2, 0.25) is 0 Å². The third-order valence-electron chi connectivity index (χ3n) is 12.0. The van der Waals surface area contributed by atoms with E-state index in [4.69, 9.17) is 15.0 Å². The van der Waals surface area contributed by atoms with Crippen LogP contribution in [0.5, 0.6) is 0 Å². The van der Waals surface area contributed by atoms with Gasteiger partial charge in [-0.1, -0.05) is 59.8 Å². The minimum absolute atomic E-state index is 0.308. The van der Waals surface area contributed by atoms with Crippen molar-refractivity contribution in [2.75, 3.05) is 30.3 Å². The Morgan fingerprint density at radius 2 is 1.15 bits per heavy atom. The second-order valence-electron chi connectivity index (χ2n) is 14.9. The van der Waals surface area contributed by atoms with Gasteiger partial charge in [0.2, 0.25) is 11.9 Å². The summed E-state index contributed by atoms with van der Waals surface area (Å²) >= 11 is 0. The molecule has 5 rings (SSSR count). The van der Waals surface area contributed by atoms with Gasteiger partial charge in [0.15, 0.2) is 5.82 Å². The molecule has 0 radical (unpaired) electrons. The summed E-state index contributed by atoms with van der Waals surface area (Å²) in [6.45, 7) is 17.0. The third-order valence-corrected chi connectivity index (χ3v) is 12.0. The Bertz CT molecular complexity index is 948. The molecule has 0 spiro atoms. The van der Waals surface area contributed by atoms with E-state index in [2.05, 4.69) is 57.5 Å². The maximum atomic E-state index is 5.05. The van der Waals surface area contributed by atoms with Gasteiger partial charge in [-0.2, -0.15) is 15.0 Å². The third kappa shape index (κ3) is 6.95. The number of nitrogens with zero attached hydrogens (tertiary/aromatic N) is 3. The van der Waals surface area contributed by atoms with Gasteiger partial charge in [-0.05, 0) is 119 Å². The summed E-state index contributed by atoms with van der Waals surface area (Å²) in [5.41, 5.74) is -0.308. The van der Waals surface area contributed by atoms with E-state index in [1.165, 1.54) is 77.0 Å². The molecule has 4 aliphatic carbocycles. The number of hydrogen-bond acceptors (Lipinski definition) is 6. The molecule has 6 nitrogen and oxygen atoms in total. The second-order valence-corrected chi connectivity index (χ2v) is 14.9. The molecule has 1 aromatic rings. The van der Waals surface area contributed by atoms with Crippen molar-refractivity contribution in [3.8, 4) is 0 Å². The van der Waals surface area contributed by atoms with Crippen molar-refractivity contribution in [3.63, 3.8) is 0 Å². The maximum Gasteiger partial charge on any atom is 0.227 e. The molecule has 0 aliphatic heterocycles. The molecule has 0 saturated heterocycles. The fourth-order valence-corrected chi connectivity index (χ4v) is 9.19. The highest BCUT2D eigenvalue weighted by Gasteiger charge is 2.39. The molecule has 4 aliphatic rings. The Hall–Kier alpha value is -1.43. The molecule has 9 unspecified atom stereocenters. The Balaban J connectivity index is 1.28. The second kappa shape index (κ2) is 13.3. The van der Waals surface area contributed by atoms with Crippen LogP contribution < -0.4 is 16.0 Å². The van der Waals surface area contributed by atoms with Crippen LogP contribution in [0.1, 0.15) is 124 Å². The summed E-state index contributed by atoms with van der Waals surface area (Å²) in [4.78, 5) is 15.0. The molecule has 0 amide bonds. The molecular weight excluding hydrogens is 492 g/mol. The first-order chi connectivity index (χ1) is 19.3. The Morgan fingerprint density at radius 3 is 1.65 bits per heavy atom. The van der Waals surface area contributed by atoms with Crippen LogP contribution in [0.15, 0.2) is 0 Å². The summed E-state index contributed by atoms with van der Waals surface area (Å²) in [6, 6.07) is 0. The van der Waals surface area contributed by atoms with Crippen LogP contribution in [0.25, 0.3) is 0 Å². The summed E-state index contributed by atoms with van der Waals surface area (Å²) in [7, 11) is 0. The van der Waals surface area contributed by atoms with Gasteiger partial charge in [-0.15, -0.1) is 0 Å². The first-order valence-electron chi connectivity index (χ1n) is 17.3. The Kier molecular flexibility index (Phi) is 9.95. The van der Waals surface area contributed by atoms with Gasteiger partial charge in [-0.3, -0.25) is 0 Å². The van der Waals surface area contributed by atoms with E-state index in [9.17, 15) is 0 Å². The molecule has 1 aromatic heterocycles. The summed E-state index contributed by atoms with van der Waals surface area (Å²) in [5, 5.41) is 11.3. The molecule has 226 valence electrons. The SMILES string of the molecule is CCC1CC(CC)C(CNc2nc(NCC3CC4CCC3C4)nc(C(C)(C)NCC3CC(CC)CC3CC)n2)C1. The predicted molar refractivity (Wildman–Crippen MR) is 167 cm³/mol. The van der Waals surface area contributed by atoms with Crippen molar-refractivity contribution in [2.45, 2.75) is 124 Å². The first kappa shape index (κ1) is 30.0. The fraction of sp³-hybridized carbons (Fsp3) is 0.912. The van der Waals surface area contributed by atoms with Gasteiger partial charge >= 0.3 is 0 Å². The lowest BCUT2D eigenvalue weighted by Gasteiger charge is -2.29. The maximum absolute atomic E-state index is 5.05. The highest BCUT2D eigenvalue weighted by atomic mass is 15.2. The predicted octanol–water partition coefficient (Wildman–Crippen LogP) is 7.88. The molecule has 1 heterocycles. The van der Waals surface area contributed by atoms with E-state index in [1.54, 1.807) is 0 Å². The lowest BCUT2D eigenvalue weighted by atomic mass is 9.89. The minimum atomic E-state index is -0.308. The minimum Gasteiger partial charge on any atom is -0.354 e. The summed E-state index contributed by atoms with van der Waals surface area (Å²) < 4.78 is 0. The van der Waals surface area contributed by atoms with E-state index >= 15 is 0 Å². The van der Waals surface area contributed by atoms with Crippen molar-refractivity contribution < 1.29 is 0 Å². The van der Waals surface area contributed by atoms with Crippen LogP contribution in [-0.4, -0.2) is 34.6 Å². The number of hydrogen-bond donors (Lipinski definition) is 3. The largest absolute Gasteiger partial charge is 0.354 e. The van der Waals surface area contributed by atoms with Crippen molar-refractivity contribution >= 4 is 11.9 Å². The van der Waals surface area contributed by atoms with Crippen LogP contribution in [0.3, 0.4) is 0 Å². The standard InChI is InChI=1S/C34H60N6/c1-7-22-13-25(9-3)28(15-22)19-35-32-38-31(34(5,6)37-21-30-16-23(8-2)14-26(30)10-4)39-33(40-32)36-20-29-18-24-11-12-27(29)17-24/h22-30,37H,7-21H2,1-6H3,(H2,35,36,38,39,40). The number of rotatable bonds is 14. The fourth-order valence-electron chi connectivity index (χ4n) is 9.19. The van der Waals surface area contributed by atoms with Crippen LogP contribution in [-0.2, 0) is 5.54 Å². The molecular formula is C34H60N6. The number of anilines is 2. The molecule has 3 N–H and O–H groups in total. The van der Waals surface area contributed by atoms with E-state index in [1.807, 2.05) is 0 Å². The first-order valence-corrected chi connectivity index (χ1v) is 17.3. The zero-order chi connectivity index (χ0) is 28.3. The van der Waals surface area contributed by atoms with Crippen molar-refractivity contribution in [1.82, 2.24) is 20.3 Å². The number of aromatic nitrogens is 3. The molecule has 0 aromatic carbocycles. The van der Waals surface area contributed by atoms with Gasteiger partial charge in [0.25, 0.3) is 0 Å². The quantitative estimate of drug-likeness (QED) is 0.218. The van der Waals surface area contributed by atoms with Crippen molar-refractivity contribution in [3.05, 3.63) is 5.82 Å². The monoisotopic (exact) mass is 552 g/mol. The van der Waals surface area contributed by atoms with Gasteiger partial charge in [0, 0.05) is 13.1 Å². The van der Waals surface area contributed by atoms with Crippen molar-refractivity contribution in [2.24, 2.45) is 53.3 Å². The average molecular weight is 553 g/mol. The zero-order valence-corrected chi connectivity index (χ0v) is 26.6. The molecule has 2 bridgehead atoms. The van der Waals surface area contributed by atoms with Crippen LogP contribution in [0, 0.1) is 53.3 Å². The van der Waals surface area contributed by atoms with Crippen LogP contribution in [0.4, 0.5) is 11.9 Å². The smallest absolute Gasteiger partial charge is 0.227 e. The van der Waals surface area contributed by atoms with E-state index in [-0.39, 0.29) is 5.54 Å². The van der Waals surface area contributed by atoms with Gasteiger partial charge in [-0.25, -0.2) is 0 Å². The number of fused-ring (bicyclic) bond motifs is 2. The molecule has 9 atom stereocenters. The van der Waals surface area contributed by atoms with Gasteiger partial charge in [0.1, 0.15) is 0 Å². The lowest BCUT2D eigenvalue weighted by Crippen LogP contribution is -2.42. The van der Waals surface area contributed by atoms with Crippen LogP contribution >= 0.6 is 0 Å². The van der Waals surface area contributed by atoms with E-state index in [0.29, 0.717) is 5.92 Å². The summed E-state index contributed by atoms with van der Waals surface area (Å²) in [5.74, 6) is 9.91. The average Bonchev–Trinajstić information content (AvgIpc) is 3.77. The molecule has 40 heavy (non-hydrogen) atoms. The number of nitrogens with one attached hydrogen (secondary N) is 3. The van der Waals surface area contributed by atoms with Crippen molar-refractivity contribution in [1.29, 1.82) is 0 Å². The van der Waals surface area contributed by atoms with Gasteiger partial charge in [0.05, 0.1) is 5.54 Å². The topological polar surface area (TPSA) is 74.8 Å².